The van der Waals surface area contributed by atoms with Crippen molar-refractivity contribution in [2.45, 2.75) is 186 Å². The quantitative estimate of drug-likeness (QED) is 0.0104. The third kappa shape index (κ3) is 38.6. The van der Waals surface area contributed by atoms with Crippen molar-refractivity contribution in [1.29, 1.82) is 0 Å². The average Bonchev–Trinajstić information content (AvgIpc) is 1.53. The number of esters is 1. The first-order valence-corrected chi connectivity index (χ1v) is 46.9. The van der Waals surface area contributed by atoms with Crippen LogP contribution in [0.4, 0.5) is 19.7 Å². The van der Waals surface area contributed by atoms with Crippen molar-refractivity contribution in [3.05, 3.63) is 91.5 Å². The van der Waals surface area contributed by atoms with E-state index in [0.717, 1.165) is 32.1 Å². The zero-order valence-electron chi connectivity index (χ0n) is 79.4. The van der Waals surface area contributed by atoms with Gasteiger partial charge in [-0.1, -0.05) is 45.2 Å². The van der Waals surface area contributed by atoms with E-state index >= 15 is 4.39 Å². The number of amides is 13. The largest absolute Gasteiger partial charge is 0.481 e. The first kappa shape index (κ1) is 113. The summed E-state index contributed by atoms with van der Waals surface area (Å²) in [4.78, 5) is 212. The highest BCUT2D eigenvalue weighted by Crippen LogP contribution is 2.46. The molecule has 4 heterocycles. The molecular weight excluding hydrogens is 1840 g/mol. The number of pyridine rings is 2. The zero-order chi connectivity index (χ0) is 101. The standard InChI is InChI=1S/C93H131FN16O30/c1-5-93(129)66-47-72-85-64(50-110(72)89(125)65(66)54-139-90(93)126)83-68(22-21-63-59(4)67(94)48-71(106-85)82(63)83)104-79(117)55-137-57-102-75(113)49-101-92(128)140-53-60-17-19-61(20-18-60)103-86(122)69(15-11-28-100-91(95)127)107-88(124)84(58(2)3)108-87(123)70(23-24-81(120)121)105-74(112)26-34-131-40-42-133-36-30-98-77(115)52-109(51-76(114)97-29-35-132-41-39-130-33-25-73(111)96-27-12-16-80(118)119)32-38-135-44-46-136-45-43-134-37-31-99-78(116)56-138-62-13-9-7-6-8-10-14-62/h17-20,47-48,58,62,68-70,84,129H,5-9,11-13,15-16,21-46,49-57H2,1-4H3,(H,96,111)(H,97,114)(H,98,115)(H,99,116)(H,101,128)(H,102,113)(H,103,122)(H,104,117)(H,105,112)(H,107,124)(H,108,123)(H,118,119)(H,120,121)(H3,95,100,127)/t62?,68-,69-,70+,84-,93-/m0/s1. The number of carboxylic acid groups (broad SMARTS) is 2. The van der Waals surface area contributed by atoms with E-state index in [-0.39, 0.29) is 250 Å². The Bertz CT molecular complexity index is 5020. The number of cyclic esters (lactones) is 1. The minimum atomic E-state index is -2.08. The second-order valence-electron chi connectivity index (χ2n) is 33.6. The SMILES string of the molecule is CC[C@@]1(O)C(=O)OCc2c1cc1n(c2=O)Cc2c-1nc1cc(F)c(C)c3c1c2[C@@H](NC(=O)COCNC(=O)CNC(=O)OCc1ccc(NC(=O)[C@H](CCCNC(N)=O)NC(=O)[C@@H](NC(=O)[C@@H](CCC(=O)O)NC(=O)CCOCCOCCNC(=O)CN(CCOCCOCCOCCNC(=O)COC2C#CCCCCC2)CC(=O)NCCOCCOCCC(=O)NCCCC(=O)O)C(C)C)cc1)CC3. The number of aliphatic carboxylic acids is 2. The lowest BCUT2D eigenvalue weighted by Gasteiger charge is -2.31. The van der Waals surface area contributed by atoms with Crippen molar-refractivity contribution in [3.8, 4) is 23.2 Å². The number of carbonyl (C=O) groups excluding carboxylic acids is 13. The molecule has 0 bridgehead atoms. The highest BCUT2D eigenvalue weighted by molar-refractivity contribution is 6.00. The molecule has 0 radical (unpaired) electrons. The topological polar surface area (TPSA) is 627 Å². The molecule has 2 aliphatic carbocycles. The van der Waals surface area contributed by atoms with Gasteiger partial charge < -0.3 is 142 Å². The molecule has 0 saturated heterocycles. The van der Waals surface area contributed by atoms with Gasteiger partial charge in [-0.2, -0.15) is 0 Å². The van der Waals surface area contributed by atoms with Crippen LogP contribution in [0.15, 0.2) is 41.2 Å². The number of benzene rings is 2. The second-order valence-corrected chi connectivity index (χ2v) is 33.6. The van der Waals surface area contributed by atoms with Gasteiger partial charge in [0, 0.05) is 99.6 Å². The average molecular weight is 1970 g/mol. The van der Waals surface area contributed by atoms with Gasteiger partial charge in [-0.25, -0.2) is 23.8 Å². The van der Waals surface area contributed by atoms with Gasteiger partial charge in [0.1, 0.15) is 69.7 Å². The number of hydrogen-bond acceptors (Lipinski definition) is 30. The number of aliphatic hydroxyl groups is 1. The number of halogens is 1. The van der Waals surface area contributed by atoms with E-state index in [2.05, 4.69) is 75.6 Å². The van der Waals surface area contributed by atoms with Gasteiger partial charge in [0.05, 0.1) is 141 Å². The number of rotatable bonds is 66. The molecule has 2 aromatic carbocycles. The third-order valence-corrected chi connectivity index (χ3v) is 22.7. The number of hydrogen-bond donors (Lipinski definition) is 16. The van der Waals surface area contributed by atoms with E-state index < -0.39 is 151 Å². The fourth-order valence-corrected chi connectivity index (χ4v) is 15.3. The van der Waals surface area contributed by atoms with Crippen molar-refractivity contribution in [2.24, 2.45) is 11.7 Å². The predicted octanol–water partition coefficient (Wildman–Crippen LogP) is -0.110. The number of aromatic nitrogens is 2. The minimum absolute atomic E-state index is 0.00220. The lowest BCUT2D eigenvalue weighted by Crippen LogP contribution is -2.58. The Morgan fingerprint density at radius 1 is 0.614 bits per heavy atom. The van der Waals surface area contributed by atoms with Crippen LogP contribution in [-0.4, -0.2) is 314 Å². The van der Waals surface area contributed by atoms with Gasteiger partial charge in [0.25, 0.3) is 5.56 Å². The molecule has 17 N–H and O–H groups in total. The molecule has 13 amide bonds. The van der Waals surface area contributed by atoms with E-state index in [9.17, 15) is 86.9 Å². The number of carbonyl (C=O) groups is 15. The highest BCUT2D eigenvalue weighted by Gasteiger charge is 2.46. The summed E-state index contributed by atoms with van der Waals surface area (Å²) in [6.45, 7) is 6.69. The second kappa shape index (κ2) is 60.5. The molecule has 2 aromatic heterocycles. The Kier molecular flexibility index (Phi) is 48.7. The van der Waals surface area contributed by atoms with Crippen LogP contribution < -0.4 is 75.1 Å². The summed E-state index contributed by atoms with van der Waals surface area (Å²) < 4.78 is 77.6. The van der Waals surface area contributed by atoms with Crippen LogP contribution in [-0.2, 0) is 146 Å². The smallest absolute Gasteiger partial charge is 0.407 e. The summed E-state index contributed by atoms with van der Waals surface area (Å²) in [5, 5.41) is 61.8. The molecule has 8 rings (SSSR count). The predicted molar refractivity (Wildman–Crippen MR) is 496 cm³/mol. The number of urea groups is 1. The molecule has 0 spiro atoms. The molecular formula is C93H131FN16O30. The molecule has 1 unspecified atom stereocenters. The maximum absolute atomic E-state index is 15.5. The maximum Gasteiger partial charge on any atom is 0.407 e. The number of anilines is 1. The molecule has 0 saturated carbocycles. The number of nitrogens with two attached hydrogens (primary N) is 1. The Morgan fingerprint density at radius 2 is 1.23 bits per heavy atom. The van der Waals surface area contributed by atoms with E-state index in [1.54, 1.807) is 38.7 Å². The Morgan fingerprint density at radius 3 is 1.87 bits per heavy atom. The van der Waals surface area contributed by atoms with Crippen molar-refractivity contribution < 1.29 is 144 Å². The summed E-state index contributed by atoms with van der Waals surface area (Å²) in [5.74, 6) is -3.92. The number of primary amides is 1. The molecule has 770 valence electrons. The minimum Gasteiger partial charge on any atom is -0.481 e. The van der Waals surface area contributed by atoms with Crippen LogP contribution in [0.5, 0.6) is 0 Å². The summed E-state index contributed by atoms with van der Waals surface area (Å²) in [6, 6.07) is 3.20. The summed E-state index contributed by atoms with van der Waals surface area (Å²) in [7, 11) is 0. The first-order chi connectivity index (χ1) is 67.3. The Hall–Kier alpha value is -12.5. The fraction of sp³-hybridized carbons (Fsp3) is 0.602. The van der Waals surface area contributed by atoms with Crippen LogP contribution in [0.2, 0.25) is 0 Å². The Labute approximate surface area is 808 Å². The van der Waals surface area contributed by atoms with Crippen molar-refractivity contribution >= 4 is 106 Å². The van der Waals surface area contributed by atoms with Gasteiger partial charge in [0.15, 0.2) is 5.60 Å². The lowest BCUT2D eigenvalue weighted by molar-refractivity contribution is -0.172. The van der Waals surface area contributed by atoms with Gasteiger partial charge in [-0.05, 0) is 118 Å². The molecule has 4 aromatic rings. The van der Waals surface area contributed by atoms with Crippen LogP contribution in [0.25, 0.3) is 22.3 Å². The van der Waals surface area contributed by atoms with Crippen molar-refractivity contribution in [2.75, 3.05) is 177 Å². The van der Waals surface area contributed by atoms with Gasteiger partial charge in [-0.3, -0.25) is 67.2 Å². The molecule has 47 heteroatoms. The number of ether oxygens (including phenoxy) is 11. The maximum atomic E-state index is 15.5. The van der Waals surface area contributed by atoms with E-state index in [4.69, 9.17) is 67.9 Å². The molecule has 4 aliphatic rings. The van der Waals surface area contributed by atoms with Crippen LogP contribution in [0.3, 0.4) is 0 Å². The van der Waals surface area contributed by atoms with E-state index in [1.807, 2.05) is 0 Å². The summed E-state index contributed by atoms with van der Waals surface area (Å²) >= 11 is 0. The highest BCUT2D eigenvalue weighted by atomic mass is 19.1. The number of carboxylic acids is 2. The third-order valence-electron chi connectivity index (χ3n) is 22.7. The van der Waals surface area contributed by atoms with E-state index in [1.165, 1.54) is 34.9 Å². The molecule has 46 nitrogen and oxygen atoms in total. The number of alkyl carbamates (subject to hydrolysis) is 1. The lowest BCUT2D eigenvalue weighted by atomic mass is 9.81. The fourth-order valence-electron chi connectivity index (χ4n) is 15.3. The number of nitrogens with one attached hydrogen (secondary N) is 12. The van der Waals surface area contributed by atoms with Gasteiger partial charge >= 0.3 is 30.0 Å². The normalized spacial score (nSPS) is 15.6. The monoisotopic (exact) mass is 1970 g/mol. The Balaban J connectivity index is 0.708. The van der Waals surface area contributed by atoms with Crippen molar-refractivity contribution in [1.82, 2.24) is 72.9 Å². The van der Waals surface area contributed by atoms with Crippen molar-refractivity contribution in [3.63, 3.8) is 0 Å². The molecule has 6 atom stereocenters. The van der Waals surface area contributed by atoms with Crippen LogP contribution in [0, 0.1) is 30.5 Å². The summed E-state index contributed by atoms with van der Waals surface area (Å²) in [6.07, 6.45) is 3.37. The zero-order valence-corrected chi connectivity index (χ0v) is 79.4. The molecule has 0 fully saturated rings. The van der Waals surface area contributed by atoms with E-state index in [0.29, 0.717) is 70.4 Å². The number of aryl methyl sites for hydroxylation is 1. The van der Waals surface area contributed by atoms with Gasteiger partial charge in [0.2, 0.25) is 59.1 Å². The van der Waals surface area contributed by atoms with Crippen LogP contribution >= 0.6 is 0 Å². The first-order valence-electron chi connectivity index (χ1n) is 46.9. The summed E-state index contributed by atoms with van der Waals surface area (Å²) in [5.41, 5.74) is 6.81. The molecule has 2 aliphatic heterocycles. The number of nitrogens with zero attached hydrogens (tertiary/aromatic N) is 3. The van der Waals surface area contributed by atoms with Crippen LogP contribution in [0.1, 0.15) is 162 Å². The van der Waals surface area contributed by atoms with Gasteiger partial charge in [-0.15, -0.1) is 5.92 Å². The number of fused-ring (bicyclic) bond motifs is 5. The molecule has 140 heavy (non-hydrogen) atoms.